The molecule has 2 rings (SSSR count). The molecular weight excluding hydrogens is 320 g/mol. The average molecular weight is 348 g/mol. The first-order chi connectivity index (χ1) is 12.0. The highest BCUT2D eigenvalue weighted by molar-refractivity contribution is 5.92. The molecule has 0 bridgehead atoms. The van der Waals surface area contributed by atoms with E-state index in [1.165, 1.54) is 6.20 Å². The number of ether oxygens (including phenoxy) is 1. The van der Waals surface area contributed by atoms with E-state index in [1.54, 1.807) is 16.0 Å². The van der Waals surface area contributed by atoms with Crippen molar-refractivity contribution in [2.45, 2.75) is 33.6 Å². The summed E-state index contributed by atoms with van der Waals surface area (Å²) < 4.78 is 5.27. The molecular formula is C18H28N4O3. The summed E-state index contributed by atoms with van der Waals surface area (Å²) in [5.41, 5.74) is 1.10. The molecule has 1 fully saturated rings. The number of rotatable bonds is 7. The van der Waals surface area contributed by atoms with E-state index in [9.17, 15) is 9.59 Å². The molecule has 0 N–H and O–H groups in total. The van der Waals surface area contributed by atoms with Crippen molar-refractivity contribution in [3.8, 4) is 0 Å². The second-order valence-corrected chi connectivity index (χ2v) is 6.76. The van der Waals surface area contributed by atoms with Gasteiger partial charge in [0.2, 0.25) is 5.91 Å². The third-order valence-electron chi connectivity index (χ3n) is 4.22. The Morgan fingerprint density at radius 2 is 1.92 bits per heavy atom. The van der Waals surface area contributed by atoms with Gasteiger partial charge in [-0.1, -0.05) is 13.8 Å². The first kappa shape index (κ1) is 19.3. The number of hydrogen-bond acceptors (Lipinski definition) is 5. The van der Waals surface area contributed by atoms with E-state index < -0.39 is 0 Å². The molecule has 0 unspecified atom stereocenters. The highest BCUT2D eigenvalue weighted by Crippen LogP contribution is 2.09. The molecule has 2 amide bonds. The van der Waals surface area contributed by atoms with Crippen LogP contribution in [0.15, 0.2) is 12.4 Å². The molecule has 2 heterocycles. The molecule has 1 aromatic rings. The second kappa shape index (κ2) is 9.46. The Morgan fingerprint density at radius 1 is 1.20 bits per heavy atom. The van der Waals surface area contributed by atoms with Crippen molar-refractivity contribution in [2.75, 3.05) is 39.4 Å². The van der Waals surface area contributed by atoms with E-state index in [1.807, 2.05) is 6.92 Å². The zero-order valence-electron chi connectivity index (χ0n) is 15.4. The third-order valence-corrected chi connectivity index (χ3v) is 4.22. The van der Waals surface area contributed by atoms with Gasteiger partial charge in [-0.25, -0.2) is 4.98 Å². The van der Waals surface area contributed by atoms with Gasteiger partial charge in [-0.15, -0.1) is 0 Å². The minimum absolute atomic E-state index is 0.0700. The molecule has 25 heavy (non-hydrogen) atoms. The van der Waals surface area contributed by atoms with Gasteiger partial charge in [-0.3, -0.25) is 14.6 Å². The standard InChI is InChI=1S/C18H28N4O3/c1-14(2)4-6-22(18(24)16-13-19-15(3)12-20-16)7-5-17(23)21-8-10-25-11-9-21/h12-14H,4-11H2,1-3H3. The summed E-state index contributed by atoms with van der Waals surface area (Å²) >= 11 is 0. The zero-order valence-corrected chi connectivity index (χ0v) is 15.4. The molecule has 138 valence electrons. The minimum Gasteiger partial charge on any atom is -0.378 e. The number of hydrogen-bond donors (Lipinski definition) is 0. The van der Waals surface area contributed by atoms with Crippen LogP contribution in [0.4, 0.5) is 0 Å². The molecule has 7 nitrogen and oxygen atoms in total. The average Bonchev–Trinajstić information content (AvgIpc) is 2.62. The third kappa shape index (κ3) is 6.08. The van der Waals surface area contributed by atoms with Crippen LogP contribution in [0.25, 0.3) is 0 Å². The molecule has 0 radical (unpaired) electrons. The lowest BCUT2D eigenvalue weighted by molar-refractivity contribution is -0.135. The van der Waals surface area contributed by atoms with Crippen LogP contribution in [0.2, 0.25) is 0 Å². The number of morpholine rings is 1. The van der Waals surface area contributed by atoms with Crippen LogP contribution < -0.4 is 0 Å². The Hall–Kier alpha value is -2.02. The predicted octanol–water partition coefficient (Wildman–Crippen LogP) is 1.52. The first-order valence-electron chi connectivity index (χ1n) is 8.91. The SMILES string of the molecule is Cc1cnc(C(=O)N(CCC(=O)N2CCOCC2)CCC(C)C)cn1. The topological polar surface area (TPSA) is 75.6 Å². The Labute approximate surface area is 149 Å². The summed E-state index contributed by atoms with van der Waals surface area (Å²) in [6.45, 7) is 9.50. The van der Waals surface area contributed by atoms with Gasteiger partial charge in [-0.05, 0) is 19.3 Å². The highest BCUT2D eigenvalue weighted by atomic mass is 16.5. The quantitative estimate of drug-likeness (QED) is 0.747. The van der Waals surface area contributed by atoms with Gasteiger partial charge in [-0.2, -0.15) is 0 Å². The van der Waals surface area contributed by atoms with Crippen molar-refractivity contribution in [3.63, 3.8) is 0 Å². The van der Waals surface area contributed by atoms with Gasteiger partial charge in [0, 0.05) is 38.8 Å². The fourth-order valence-corrected chi connectivity index (χ4v) is 2.60. The number of carbonyl (C=O) groups is 2. The second-order valence-electron chi connectivity index (χ2n) is 6.76. The lowest BCUT2D eigenvalue weighted by Gasteiger charge is -2.28. The van der Waals surface area contributed by atoms with Gasteiger partial charge in [0.15, 0.2) is 0 Å². The molecule has 1 aliphatic heterocycles. The van der Waals surface area contributed by atoms with Crippen LogP contribution in [0.1, 0.15) is 42.9 Å². The van der Waals surface area contributed by atoms with Crippen molar-refractivity contribution in [1.29, 1.82) is 0 Å². The Kier molecular flexibility index (Phi) is 7.31. The summed E-state index contributed by atoms with van der Waals surface area (Å²) in [6.07, 6.45) is 4.30. The van der Waals surface area contributed by atoms with Crippen LogP contribution in [0, 0.1) is 12.8 Å². The molecule has 0 aliphatic carbocycles. The van der Waals surface area contributed by atoms with E-state index in [4.69, 9.17) is 4.74 Å². The maximum Gasteiger partial charge on any atom is 0.274 e. The number of nitrogens with zero attached hydrogens (tertiary/aromatic N) is 4. The van der Waals surface area contributed by atoms with E-state index in [-0.39, 0.29) is 11.8 Å². The number of aromatic nitrogens is 2. The summed E-state index contributed by atoms with van der Waals surface area (Å²) in [7, 11) is 0. The van der Waals surface area contributed by atoms with Crippen molar-refractivity contribution < 1.29 is 14.3 Å². The summed E-state index contributed by atoms with van der Waals surface area (Å²) in [4.78, 5) is 36.9. The van der Waals surface area contributed by atoms with Crippen molar-refractivity contribution in [2.24, 2.45) is 5.92 Å². The Bertz CT molecular complexity index is 568. The zero-order chi connectivity index (χ0) is 18.2. The molecule has 0 spiro atoms. The van der Waals surface area contributed by atoms with E-state index in [0.717, 1.165) is 12.1 Å². The van der Waals surface area contributed by atoms with Crippen LogP contribution in [-0.2, 0) is 9.53 Å². The fourth-order valence-electron chi connectivity index (χ4n) is 2.60. The summed E-state index contributed by atoms with van der Waals surface area (Å²) in [6, 6.07) is 0. The van der Waals surface area contributed by atoms with Gasteiger partial charge in [0.25, 0.3) is 5.91 Å². The molecule has 0 saturated carbocycles. The fraction of sp³-hybridized carbons (Fsp3) is 0.667. The molecule has 7 heteroatoms. The van der Waals surface area contributed by atoms with E-state index in [2.05, 4.69) is 23.8 Å². The maximum atomic E-state index is 12.7. The number of aryl methyl sites for hydroxylation is 1. The number of carbonyl (C=O) groups excluding carboxylic acids is 2. The molecule has 0 aromatic carbocycles. The minimum atomic E-state index is -0.164. The first-order valence-corrected chi connectivity index (χ1v) is 8.91. The lowest BCUT2D eigenvalue weighted by Crippen LogP contribution is -2.43. The van der Waals surface area contributed by atoms with Crippen molar-refractivity contribution >= 4 is 11.8 Å². The normalized spacial score (nSPS) is 14.6. The van der Waals surface area contributed by atoms with Crippen LogP contribution in [-0.4, -0.2) is 71.0 Å². The molecule has 1 saturated heterocycles. The monoisotopic (exact) mass is 348 g/mol. The Balaban J connectivity index is 1.97. The van der Waals surface area contributed by atoms with Gasteiger partial charge < -0.3 is 14.5 Å². The predicted molar refractivity (Wildman–Crippen MR) is 94.1 cm³/mol. The van der Waals surface area contributed by atoms with Gasteiger partial charge >= 0.3 is 0 Å². The van der Waals surface area contributed by atoms with Crippen LogP contribution in [0.3, 0.4) is 0 Å². The number of amides is 2. The van der Waals surface area contributed by atoms with Crippen LogP contribution in [0.5, 0.6) is 0 Å². The summed E-state index contributed by atoms with van der Waals surface area (Å²) in [5, 5.41) is 0. The van der Waals surface area contributed by atoms with Crippen molar-refractivity contribution in [3.05, 3.63) is 23.8 Å². The Morgan fingerprint density at radius 3 is 2.52 bits per heavy atom. The van der Waals surface area contributed by atoms with Gasteiger partial charge in [0.05, 0.1) is 25.1 Å². The molecule has 0 atom stereocenters. The molecule has 1 aromatic heterocycles. The van der Waals surface area contributed by atoms with E-state index in [0.29, 0.717) is 57.4 Å². The van der Waals surface area contributed by atoms with Crippen molar-refractivity contribution in [1.82, 2.24) is 19.8 Å². The molecule has 1 aliphatic rings. The maximum absolute atomic E-state index is 12.7. The summed E-state index contributed by atoms with van der Waals surface area (Å²) in [5.74, 6) is 0.387. The largest absolute Gasteiger partial charge is 0.378 e. The smallest absolute Gasteiger partial charge is 0.274 e. The van der Waals surface area contributed by atoms with Crippen LogP contribution >= 0.6 is 0 Å². The lowest BCUT2D eigenvalue weighted by atomic mass is 10.1. The van der Waals surface area contributed by atoms with Gasteiger partial charge in [0.1, 0.15) is 5.69 Å². The van der Waals surface area contributed by atoms with E-state index >= 15 is 0 Å². The highest BCUT2D eigenvalue weighted by Gasteiger charge is 2.21.